The molecule has 2 N–H and O–H groups in total. The second kappa shape index (κ2) is 6.09. The van der Waals surface area contributed by atoms with Crippen molar-refractivity contribution in [2.45, 2.75) is 13.1 Å². The summed E-state index contributed by atoms with van der Waals surface area (Å²) in [6.07, 6.45) is -2.87. The first kappa shape index (κ1) is 15.2. The third-order valence-electron chi connectivity index (χ3n) is 2.72. The Labute approximate surface area is 125 Å². The molecule has 21 heavy (non-hydrogen) atoms. The highest BCUT2D eigenvalue weighted by Crippen LogP contribution is 2.34. The van der Waals surface area contributed by atoms with E-state index in [0.717, 1.165) is 11.6 Å². The smallest absolute Gasteiger partial charge is 0.332 e. The number of nitrogens with one attached hydrogen (secondary N) is 2. The van der Waals surface area contributed by atoms with Crippen molar-refractivity contribution in [3.63, 3.8) is 0 Å². The summed E-state index contributed by atoms with van der Waals surface area (Å²) in [4.78, 5) is 4.07. The highest BCUT2D eigenvalue weighted by Gasteiger charge is 2.33. The average Bonchev–Trinajstić information content (AvgIpc) is 2.41. The second-order valence-corrected chi connectivity index (χ2v) is 4.70. The maximum absolute atomic E-state index is 12.9. The predicted octanol–water partition coefficient (Wildman–Crippen LogP) is 4.22. The number of hydrogen-bond donors (Lipinski definition) is 2. The highest BCUT2D eigenvalue weighted by atomic mass is 32.1. The molecule has 0 amide bonds. The summed E-state index contributed by atoms with van der Waals surface area (Å²) < 4.78 is 38.6. The number of anilines is 2. The first-order valence-electron chi connectivity index (χ1n) is 6.04. The third-order valence-corrected chi connectivity index (χ3v) is 2.93. The summed E-state index contributed by atoms with van der Waals surface area (Å²) in [5, 5.41) is 5.38. The number of aryl methyl sites for hydroxylation is 1. The topological polar surface area (TPSA) is 37.0 Å². The average molecular weight is 311 g/mol. The number of nitrogens with zero attached hydrogens (tertiary/aromatic N) is 1. The molecule has 2 aromatic rings. The van der Waals surface area contributed by atoms with Gasteiger partial charge in [0.25, 0.3) is 0 Å². The van der Waals surface area contributed by atoms with Gasteiger partial charge in [0.15, 0.2) is 5.11 Å². The zero-order valence-corrected chi connectivity index (χ0v) is 11.8. The molecule has 1 heterocycles. The van der Waals surface area contributed by atoms with E-state index in [-0.39, 0.29) is 10.8 Å². The Morgan fingerprint density at radius 2 is 1.81 bits per heavy atom. The molecule has 0 fully saturated rings. The van der Waals surface area contributed by atoms with Gasteiger partial charge in [-0.05, 0) is 42.9 Å². The molecule has 1 aromatic carbocycles. The summed E-state index contributed by atoms with van der Waals surface area (Å²) in [6, 6.07) is 8.73. The summed E-state index contributed by atoms with van der Waals surface area (Å²) >= 11 is 5.03. The van der Waals surface area contributed by atoms with Gasteiger partial charge in [-0.2, -0.15) is 13.2 Å². The molecule has 0 aliphatic heterocycles. The fourth-order valence-corrected chi connectivity index (χ4v) is 1.92. The zero-order valence-electron chi connectivity index (χ0n) is 11.0. The maximum Gasteiger partial charge on any atom is 0.418 e. The van der Waals surface area contributed by atoms with Gasteiger partial charge in [0.05, 0.1) is 11.3 Å². The number of rotatable bonds is 2. The maximum atomic E-state index is 12.9. The summed E-state index contributed by atoms with van der Waals surface area (Å²) in [5.41, 5.74) is -0.0336. The molecule has 0 saturated carbocycles. The predicted molar refractivity (Wildman–Crippen MR) is 80.3 cm³/mol. The molecule has 2 rings (SSSR count). The van der Waals surface area contributed by atoms with Crippen LogP contribution < -0.4 is 10.6 Å². The molecule has 0 aliphatic carbocycles. The Morgan fingerprint density at radius 3 is 2.48 bits per heavy atom. The minimum absolute atomic E-state index is 0.0495. The van der Waals surface area contributed by atoms with Crippen LogP contribution in [0.2, 0.25) is 0 Å². The molecule has 1 aromatic heterocycles. The summed E-state index contributed by atoms with van der Waals surface area (Å²) in [7, 11) is 0. The number of pyridine rings is 1. The molecule has 0 spiro atoms. The van der Waals surface area contributed by atoms with Crippen LogP contribution in [0.4, 0.5) is 24.7 Å². The molecule has 0 saturated heterocycles. The number of alkyl halides is 3. The molecular weight excluding hydrogens is 299 g/mol. The Bertz CT molecular complexity index is 656. The number of aromatic nitrogens is 1. The standard InChI is InChI=1S/C14H12F3N3S/c1-9-5-4-8-18-12(9)20-13(21)19-11-7-3-2-6-10(11)14(15,16)17/h2-8H,1H3,(H2,18,19,20,21). The van der Waals surface area contributed by atoms with Crippen LogP contribution in [0.15, 0.2) is 42.6 Å². The van der Waals surface area contributed by atoms with E-state index in [2.05, 4.69) is 15.6 Å². The van der Waals surface area contributed by atoms with Gasteiger partial charge in [0.1, 0.15) is 5.82 Å². The molecular formula is C14H12F3N3S. The molecule has 0 unspecified atom stereocenters. The van der Waals surface area contributed by atoms with Crippen LogP contribution in [0.5, 0.6) is 0 Å². The van der Waals surface area contributed by atoms with Gasteiger partial charge in [-0.3, -0.25) is 0 Å². The Balaban J connectivity index is 2.16. The van der Waals surface area contributed by atoms with E-state index < -0.39 is 11.7 Å². The van der Waals surface area contributed by atoms with E-state index in [9.17, 15) is 13.2 Å². The van der Waals surface area contributed by atoms with Crippen molar-refractivity contribution in [2.75, 3.05) is 10.6 Å². The Hall–Kier alpha value is -2.15. The minimum atomic E-state index is -4.44. The van der Waals surface area contributed by atoms with Gasteiger partial charge >= 0.3 is 6.18 Å². The van der Waals surface area contributed by atoms with Crippen molar-refractivity contribution >= 4 is 28.8 Å². The lowest BCUT2D eigenvalue weighted by atomic mass is 10.1. The van der Waals surface area contributed by atoms with Crippen LogP contribution >= 0.6 is 12.2 Å². The lowest BCUT2D eigenvalue weighted by Crippen LogP contribution is -2.22. The van der Waals surface area contributed by atoms with Crippen LogP contribution in [0.1, 0.15) is 11.1 Å². The number of benzene rings is 1. The monoisotopic (exact) mass is 311 g/mol. The first-order valence-corrected chi connectivity index (χ1v) is 6.44. The summed E-state index contributed by atoms with van der Waals surface area (Å²) in [5.74, 6) is 0.500. The van der Waals surface area contributed by atoms with E-state index >= 15 is 0 Å². The van der Waals surface area contributed by atoms with Crippen molar-refractivity contribution in [2.24, 2.45) is 0 Å². The second-order valence-electron chi connectivity index (χ2n) is 4.29. The number of para-hydroxylation sites is 1. The normalized spacial score (nSPS) is 11.0. The number of hydrogen-bond acceptors (Lipinski definition) is 2. The Kier molecular flexibility index (Phi) is 4.42. The lowest BCUT2D eigenvalue weighted by molar-refractivity contribution is -0.136. The van der Waals surface area contributed by atoms with Gasteiger partial charge in [0, 0.05) is 6.20 Å². The van der Waals surface area contributed by atoms with Crippen LogP contribution in [-0.4, -0.2) is 10.1 Å². The SMILES string of the molecule is Cc1cccnc1NC(=S)Nc1ccccc1C(F)(F)F. The first-order chi connectivity index (χ1) is 9.88. The van der Waals surface area contributed by atoms with E-state index in [1.807, 2.05) is 13.0 Å². The molecule has 0 bridgehead atoms. The van der Waals surface area contributed by atoms with Crippen molar-refractivity contribution in [3.8, 4) is 0 Å². The quantitative estimate of drug-likeness (QED) is 0.814. The van der Waals surface area contributed by atoms with E-state index in [4.69, 9.17) is 12.2 Å². The fraction of sp³-hybridized carbons (Fsp3) is 0.143. The van der Waals surface area contributed by atoms with Gasteiger partial charge in [0.2, 0.25) is 0 Å². The molecule has 3 nitrogen and oxygen atoms in total. The van der Waals surface area contributed by atoms with E-state index in [1.165, 1.54) is 18.2 Å². The van der Waals surface area contributed by atoms with Crippen molar-refractivity contribution in [1.82, 2.24) is 4.98 Å². The van der Waals surface area contributed by atoms with Gasteiger partial charge in [-0.25, -0.2) is 4.98 Å². The zero-order chi connectivity index (χ0) is 15.5. The van der Waals surface area contributed by atoms with Crippen molar-refractivity contribution < 1.29 is 13.2 Å². The molecule has 0 aliphatic rings. The van der Waals surface area contributed by atoms with Crippen LogP contribution in [0.25, 0.3) is 0 Å². The largest absolute Gasteiger partial charge is 0.418 e. The third kappa shape index (κ3) is 3.91. The fourth-order valence-electron chi connectivity index (χ4n) is 1.72. The van der Waals surface area contributed by atoms with Crippen LogP contribution in [0.3, 0.4) is 0 Å². The van der Waals surface area contributed by atoms with Crippen molar-refractivity contribution in [3.05, 3.63) is 53.7 Å². The molecule has 0 radical (unpaired) electrons. The van der Waals surface area contributed by atoms with E-state index in [1.54, 1.807) is 12.3 Å². The van der Waals surface area contributed by atoms with Gasteiger partial charge < -0.3 is 10.6 Å². The van der Waals surface area contributed by atoms with Gasteiger partial charge in [-0.1, -0.05) is 18.2 Å². The number of thiocarbonyl (C=S) groups is 1. The Morgan fingerprint density at radius 1 is 1.10 bits per heavy atom. The molecule has 0 atom stereocenters. The lowest BCUT2D eigenvalue weighted by Gasteiger charge is -2.16. The molecule has 7 heteroatoms. The number of halogens is 3. The molecule has 110 valence electrons. The van der Waals surface area contributed by atoms with Crippen LogP contribution in [0, 0.1) is 6.92 Å². The van der Waals surface area contributed by atoms with Crippen molar-refractivity contribution in [1.29, 1.82) is 0 Å². The van der Waals surface area contributed by atoms with E-state index in [0.29, 0.717) is 5.82 Å². The van der Waals surface area contributed by atoms with Gasteiger partial charge in [-0.15, -0.1) is 0 Å². The minimum Gasteiger partial charge on any atom is -0.332 e. The van der Waals surface area contributed by atoms with Crippen LogP contribution in [-0.2, 0) is 6.18 Å². The summed E-state index contributed by atoms with van der Waals surface area (Å²) in [6.45, 7) is 1.82. The highest BCUT2D eigenvalue weighted by molar-refractivity contribution is 7.80.